The number of nitrogens with zero attached hydrogens (tertiary/aromatic N) is 3. The molecule has 3 aliphatic rings. The summed E-state index contributed by atoms with van der Waals surface area (Å²) in [6.45, 7) is 3.10. The molecule has 1 aromatic heterocycles. The zero-order valence-corrected chi connectivity index (χ0v) is 18.8. The quantitative estimate of drug-likeness (QED) is 0.751. The number of fused-ring (bicyclic) bond motifs is 1. The van der Waals surface area contributed by atoms with E-state index in [1.54, 1.807) is 7.11 Å². The fourth-order valence-electron chi connectivity index (χ4n) is 5.34. The smallest absolute Gasteiger partial charge is 0.260 e. The zero-order valence-electron chi connectivity index (χ0n) is 18.8. The van der Waals surface area contributed by atoms with E-state index >= 15 is 0 Å². The second-order valence-corrected chi connectivity index (χ2v) is 9.31. The van der Waals surface area contributed by atoms with Crippen molar-refractivity contribution in [3.8, 4) is 17.1 Å². The second kappa shape index (κ2) is 9.16. The second-order valence-electron chi connectivity index (χ2n) is 9.31. The van der Waals surface area contributed by atoms with Crippen molar-refractivity contribution in [3.63, 3.8) is 0 Å². The highest BCUT2D eigenvalue weighted by atomic mass is 16.5. The Morgan fingerprint density at radius 2 is 1.94 bits per heavy atom. The minimum atomic E-state index is -0.173. The number of aromatic nitrogens is 2. The van der Waals surface area contributed by atoms with Crippen LogP contribution in [0.25, 0.3) is 11.4 Å². The van der Waals surface area contributed by atoms with Crippen molar-refractivity contribution in [1.82, 2.24) is 14.9 Å². The van der Waals surface area contributed by atoms with Gasteiger partial charge in [-0.2, -0.15) is 0 Å². The topological polar surface area (TPSA) is 90.8 Å². The molecule has 3 heterocycles. The predicted molar refractivity (Wildman–Crippen MR) is 124 cm³/mol. The third-order valence-electron chi connectivity index (χ3n) is 7.13. The summed E-state index contributed by atoms with van der Waals surface area (Å²) in [5.74, 6) is 1.64. The van der Waals surface area contributed by atoms with E-state index in [0.717, 1.165) is 67.9 Å². The Labute approximate surface area is 188 Å². The number of hydrogen-bond donors (Lipinski definition) is 2. The van der Waals surface area contributed by atoms with E-state index in [-0.39, 0.29) is 11.7 Å². The van der Waals surface area contributed by atoms with Gasteiger partial charge < -0.3 is 14.8 Å². The van der Waals surface area contributed by atoms with Gasteiger partial charge in [-0.3, -0.25) is 14.7 Å². The summed E-state index contributed by atoms with van der Waals surface area (Å²) >= 11 is 0. The molecule has 0 amide bonds. The summed E-state index contributed by atoms with van der Waals surface area (Å²) in [5.41, 5.74) is 4.29. The Morgan fingerprint density at radius 3 is 2.69 bits per heavy atom. The van der Waals surface area contributed by atoms with Crippen LogP contribution in [0.2, 0.25) is 0 Å². The molecular formula is C25H32N4O3. The number of hydrogen-bond acceptors (Lipinski definition) is 6. The van der Waals surface area contributed by atoms with E-state index in [2.05, 4.69) is 16.0 Å². The van der Waals surface area contributed by atoms with Crippen LogP contribution in [-0.4, -0.2) is 52.0 Å². The van der Waals surface area contributed by atoms with Crippen molar-refractivity contribution in [2.45, 2.75) is 64.1 Å². The van der Waals surface area contributed by atoms with E-state index in [4.69, 9.17) is 14.7 Å². The number of ether oxygens (including phenoxy) is 1. The monoisotopic (exact) mass is 436 g/mol. The Morgan fingerprint density at radius 1 is 1.16 bits per heavy atom. The van der Waals surface area contributed by atoms with Crippen LogP contribution in [0.4, 0.5) is 0 Å². The molecule has 2 aromatic rings. The van der Waals surface area contributed by atoms with Crippen LogP contribution >= 0.6 is 0 Å². The SMILES string of the molecule is COc1cc(CN2CCC(O)CC2)ccc1-c1nc2c(c(=O)[nH]1)C(C1CCCCC1)=NC2. The summed E-state index contributed by atoms with van der Waals surface area (Å²) in [6, 6.07) is 6.08. The van der Waals surface area contributed by atoms with Gasteiger partial charge in [-0.25, -0.2) is 4.98 Å². The Hall–Kier alpha value is -2.51. The summed E-state index contributed by atoms with van der Waals surface area (Å²) in [4.78, 5) is 28.0. The van der Waals surface area contributed by atoms with Crippen LogP contribution < -0.4 is 10.3 Å². The molecule has 7 heteroatoms. The molecule has 170 valence electrons. The van der Waals surface area contributed by atoms with Gasteiger partial charge in [0.1, 0.15) is 11.6 Å². The van der Waals surface area contributed by atoms with E-state index < -0.39 is 0 Å². The number of aliphatic hydroxyl groups is 1. The maximum atomic E-state index is 13.1. The van der Waals surface area contributed by atoms with Crippen molar-refractivity contribution in [2.75, 3.05) is 20.2 Å². The molecule has 0 unspecified atom stereocenters. The van der Waals surface area contributed by atoms with Crippen LogP contribution in [-0.2, 0) is 13.1 Å². The average molecular weight is 437 g/mol. The van der Waals surface area contributed by atoms with Gasteiger partial charge in [-0.15, -0.1) is 0 Å². The Bertz CT molecular complexity index is 1060. The molecule has 0 radical (unpaired) electrons. The first kappa shape index (κ1) is 21.3. The summed E-state index contributed by atoms with van der Waals surface area (Å²) < 4.78 is 5.67. The fraction of sp³-hybridized carbons (Fsp3) is 0.560. The summed E-state index contributed by atoms with van der Waals surface area (Å²) in [7, 11) is 1.65. The van der Waals surface area contributed by atoms with Crippen molar-refractivity contribution in [1.29, 1.82) is 0 Å². The molecule has 0 atom stereocenters. The van der Waals surface area contributed by atoms with Gasteiger partial charge in [-0.05, 0) is 43.4 Å². The number of H-pyrrole nitrogens is 1. The minimum absolute atomic E-state index is 0.0928. The normalized spacial score (nSPS) is 20.2. The van der Waals surface area contributed by atoms with Crippen LogP contribution in [0.15, 0.2) is 28.0 Å². The first-order valence-electron chi connectivity index (χ1n) is 11.9. The molecule has 32 heavy (non-hydrogen) atoms. The van der Waals surface area contributed by atoms with E-state index in [0.29, 0.717) is 29.6 Å². The number of aliphatic hydroxyl groups excluding tert-OH is 1. The maximum absolute atomic E-state index is 13.1. The lowest BCUT2D eigenvalue weighted by Crippen LogP contribution is -2.35. The first-order valence-corrected chi connectivity index (χ1v) is 11.9. The molecule has 1 aromatic carbocycles. The highest BCUT2D eigenvalue weighted by Crippen LogP contribution is 2.33. The standard InChI is InChI=1S/C25H32N4O3/c1-32-21-13-16(15-29-11-9-18(30)10-12-29)7-8-19(21)24-27-20-14-26-23(22(20)25(31)28-24)17-5-3-2-4-6-17/h7-8,13,17-18,30H,2-6,9-12,14-15H2,1H3,(H,27,28,31). The molecule has 0 bridgehead atoms. The number of aliphatic imine (C=N–C) groups is 1. The maximum Gasteiger partial charge on any atom is 0.260 e. The van der Waals surface area contributed by atoms with Gasteiger partial charge in [0, 0.05) is 25.6 Å². The molecule has 2 N–H and O–H groups in total. The third-order valence-corrected chi connectivity index (χ3v) is 7.13. The first-order chi connectivity index (χ1) is 15.6. The van der Waals surface area contributed by atoms with E-state index in [1.807, 2.05) is 12.1 Å². The molecule has 1 aliphatic carbocycles. The van der Waals surface area contributed by atoms with Gasteiger partial charge >= 0.3 is 0 Å². The van der Waals surface area contributed by atoms with Gasteiger partial charge in [0.05, 0.1) is 42.3 Å². The van der Waals surface area contributed by atoms with Crippen LogP contribution in [0.5, 0.6) is 5.75 Å². The molecular weight excluding hydrogens is 404 g/mol. The van der Waals surface area contributed by atoms with Crippen LogP contribution in [0.3, 0.4) is 0 Å². The average Bonchev–Trinajstić information content (AvgIpc) is 3.26. The zero-order chi connectivity index (χ0) is 22.1. The minimum Gasteiger partial charge on any atom is -0.496 e. The lowest BCUT2D eigenvalue weighted by Gasteiger charge is -2.29. The molecule has 0 spiro atoms. The molecule has 5 rings (SSSR count). The van der Waals surface area contributed by atoms with E-state index in [1.165, 1.54) is 19.3 Å². The number of nitrogens with one attached hydrogen (secondary N) is 1. The van der Waals surface area contributed by atoms with Gasteiger partial charge in [0.25, 0.3) is 5.56 Å². The van der Waals surface area contributed by atoms with Crippen molar-refractivity contribution < 1.29 is 9.84 Å². The highest BCUT2D eigenvalue weighted by molar-refractivity contribution is 6.04. The molecule has 1 saturated carbocycles. The Balaban J connectivity index is 1.39. The molecule has 1 saturated heterocycles. The molecule has 2 aliphatic heterocycles. The molecule has 2 fully saturated rings. The van der Waals surface area contributed by atoms with Crippen molar-refractivity contribution in [2.24, 2.45) is 10.9 Å². The molecule has 7 nitrogen and oxygen atoms in total. The lowest BCUT2D eigenvalue weighted by atomic mass is 9.84. The number of piperidine rings is 1. The lowest BCUT2D eigenvalue weighted by molar-refractivity contribution is 0.0792. The highest BCUT2D eigenvalue weighted by Gasteiger charge is 2.29. The summed E-state index contributed by atoms with van der Waals surface area (Å²) in [5, 5.41) is 9.73. The van der Waals surface area contributed by atoms with Crippen molar-refractivity contribution in [3.05, 3.63) is 45.4 Å². The number of benzene rings is 1. The largest absolute Gasteiger partial charge is 0.496 e. The predicted octanol–water partition coefficient (Wildman–Crippen LogP) is 3.29. The Kier molecular flexibility index (Phi) is 6.11. The van der Waals surface area contributed by atoms with Gasteiger partial charge in [-0.1, -0.05) is 25.3 Å². The van der Waals surface area contributed by atoms with Crippen LogP contribution in [0.1, 0.15) is 61.8 Å². The van der Waals surface area contributed by atoms with Crippen molar-refractivity contribution >= 4 is 5.71 Å². The number of aromatic amines is 1. The van der Waals surface area contributed by atoms with Gasteiger partial charge in [0.2, 0.25) is 0 Å². The number of likely N-dealkylation sites (tertiary alicyclic amines) is 1. The van der Waals surface area contributed by atoms with E-state index in [9.17, 15) is 9.90 Å². The number of rotatable bonds is 5. The third kappa shape index (κ3) is 4.24. The van der Waals surface area contributed by atoms with Gasteiger partial charge in [0.15, 0.2) is 0 Å². The summed E-state index contributed by atoms with van der Waals surface area (Å²) in [6.07, 6.45) is 7.40. The fourth-order valence-corrected chi connectivity index (χ4v) is 5.34. The van der Waals surface area contributed by atoms with Crippen LogP contribution in [0, 0.1) is 5.92 Å². The number of methoxy groups -OCH3 is 1.